The summed E-state index contributed by atoms with van der Waals surface area (Å²) >= 11 is 0. The molecule has 0 spiro atoms. The number of aliphatic hydroxyl groups excluding tert-OH is 1. The molecule has 0 radical (unpaired) electrons. The summed E-state index contributed by atoms with van der Waals surface area (Å²) in [5.41, 5.74) is 5.70. The Labute approximate surface area is 131 Å². The molecule has 1 heterocycles. The predicted octanol–water partition coefficient (Wildman–Crippen LogP) is 3.69. The van der Waals surface area contributed by atoms with Gasteiger partial charge in [0.15, 0.2) is 0 Å². The van der Waals surface area contributed by atoms with Crippen LogP contribution >= 0.6 is 0 Å². The number of hydrogen-bond donors (Lipinski definition) is 2. The van der Waals surface area contributed by atoms with Gasteiger partial charge in [-0.05, 0) is 37.0 Å². The van der Waals surface area contributed by atoms with Gasteiger partial charge in [0, 0.05) is 5.56 Å². The maximum Gasteiger partial charge on any atom is 0.231 e. The molecule has 2 aromatic rings. The zero-order chi connectivity index (χ0) is 15.9. The third-order valence-electron chi connectivity index (χ3n) is 4.46. The molecule has 22 heavy (non-hydrogen) atoms. The van der Waals surface area contributed by atoms with Gasteiger partial charge in [-0.15, -0.1) is 0 Å². The van der Waals surface area contributed by atoms with Crippen molar-refractivity contribution in [3.8, 4) is 0 Å². The first-order valence-corrected chi connectivity index (χ1v) is 7.73. The number of amides is 1. The number of aryl methyl sites for hydroxylation is 2. The van der Waals surface area contributed by atoms with Crippen molar-refractivity contribution in [3.63, 3.8) is 0 Å². The minimum absolute atomic E-state index is 0.000564. The molecule has 1 amide bonds. The molecule has 0 saturated carbocycles. The van der Waals surface area contributed by atoms with Crippen LogP contribution in [0.3, 0.4) is 0 Å². The van der Waals surface area contributed by atoms with Gasteiger partial charge in [0.2, 0.25) is 5.91 Å². The largest absolute Gasteiger partial charge is 0.384 e. The number of carbonyl (C=O) groups is 1. The van der Waals surface area contributed by atoms with Crippen molar-refractivity contribution in [1.82, 2.24) is 0 Å². The lowest BCUT2D eigenvalue weighted by molar-refractivity contribution is -0.116. The van der Waals surface area contributed by atoms with Gasteiger partial charge in [0.1, 0.15) is 6.10 Å². The molecule has 2 N–H and O–H groups in total. The first-order valence-electron chi connectivity index (χ1n) is 7.73. The van der Waals surface area contributed by atoms with Crippen molar-refractivity contribution in [1.29, 1.82) is 0 Å². The van der Waals surface area contributed by atoms with Gasteiger partial charge in [-0.2, -0.15) is 0 Å². The van der Waals surface area contributed by atoms with E-state index >= 15 is 0 Å². The number of anilines is 1. The fraction of sp³-hybridized carbons (Fsp3) is 0.316. The molecule has 0 bridgehead atoms. The molecular weight excluding hydrogens is 274 g/mol. The minimum atomic E-state index is -0.730. The molecule has 2 aromatic carbocycles. The van der Waals surface area contributed by atoms with Crippen molar-refractivity contribution < 1.29 is 9.90 Å². The Balaban J connectivity index is 2.10. The average Bonchev–Trinajstić information content (AvgIpc) is 2.81. The van der Waals surface area contributed by atoms with Crippen LogP contribution in [0, 0.1) is 6.92 Å². The molecule has 0 fully saturated rings. The van der Waals surface area contributed by atoms with Gasteiger partial charge in [0.25, 0.3) is 0 Å². The Morgan fingerprint density at radius 3 is 2.55 bits per heavy atom. The molecule has 3 heteroatoms. The van der Waals surface area contributed by atoms with Gasteiger partial charge < -0.3 is 10.4 Å². The number of hydrogen-bond acceptors (Lipinski definition) is 2. The molecule has 0 aromatic heterocycles. The maximum atomic E-state index is 12.0. The van der Waals surface area contributed by atoms with Crippen molar-refractivity contribution in [2.24, 2.45) is 0 Å². The van der Waals surface area contributed by atoms with E-state index in [9.17, 15) is 9.90 Å². The zero-order valence-corrected chi connectivity index (χ0v) is 13.2. The van der Waals surface area contributed by atoms with Crippen LogP contribution < -0.4 is 5.32 Å². The van der Waals surface area contributed by atoms with Crippen LogP contribution in [0.5, 0.6) is 0 Å². The van der Waals surface area contributed by atoms with Gasteiger partial charge in [0.05, 0.1) is 11.6 Å². The highest BCUT2D eigenvalue weighted by molar-refractivity contribution is 6.03. The Morgan fingerprint density at radius 1 is 1.23 bits per heavy atom. The lowest BCUT2D eigenvalue weighted by Crippen LogP contribution is -2.10. The average molecular weight is 295 g/mol. The van der Waals surface area contributed by atoms with E-state index in [-0.39, 0.29) is 11.8 Å². The summed E-state index contributed by atoms with van der Waals surface area (Å²) in [4.78, 5) is 12.0. The molecule has 114 valence electrons. The van der Waals surface area contributed by atoms with Crippen LogP contribution in [-0.4, -0.2) is 11.0 Å². The zero-order valence-electron chi connectivity index (χ0n) is 13.2. The second-order valence-corrected chi connectivity index (χ2v) is 6.03. The summed E-state index contributed by atoms with van der Waals surface area (Å²) in [6.45, 7) is 6.01. The summed E-state index contributed by atoms with van der Waals surface area (Å²) in [6, 6.07) is 11.9. The highest BCUT2D eigenvalue weighted by Gasteiger charge is 2.31. The lowest BCUT2D eigenvalue weighted by atomic mass is 9.91. The second kappa shape index (κ2) is 5.58. The monoisotopic (exact) mass is 295 g/mol. The first-order chi connectivity index (χ1) is 10.5. The summed E-state index contributed by atoms with van der Waals surface area (Å²) in [6.07, 6.45) is 0.147. The number of fused-ring (bicyclic) bond motifs is 1. The molecule has 0 saturated heterocycles. The van der Waals surface area contributed by atoms with Gasteiger partial charge in [-0.25, -0.2) is 0 Å². The van der Waals surface area contributed by atoms with Crippen LogP contribution in [0.2, 0.25) is 0 Å². The van der Waals surface area contributed by atoms with Gasteiger partial charge in [-0.3, -0.25) is 4.79 Å². The molecule has 0 aliphatic carbocycles. The fourth-order valence-electron chi connectivity index (χ4n) is 2.96. The highest BCUT2D eigenvalue weighted by atomic mass is 16.3. The Kier molecular flexibility index (Phi) is 3.75. The maximum absolute atomic E-state index is 12.0. The topological polar surface area (TPSA) is 49.3 Å². The predicted molar refractivity (Wildman–Crippen MR) is 88.1 cm³/mol. The third-order valence-corrected chi connectivity index (χ3v) is 4.46. The van der Waals surface area contributed by atoms with E-state index in [1.54, 1.807) is 0 Å². The van der Waals surface area contributed by atoms with E-state index in [2.05, 4.69) is 18.3 Å². The summed E-state index contributed by atoms with van der Waals surface area (Å²) in [7, 11) is 0. The summed E-state index contributed by atoms with van der Waals surface area (Å²) in [5.74, 6) is -0.161. The Bertz CT molecular complexity index is 719. The quantitative estimate of drug-likeness (QED) is 0.907. The van der Waals surface area contributed by atoms with E-state index in [0.29, 0.717) is 0 Å². The van der Waals surface area contributed by atoms with Crippen molar-refractivity contribution in [2.45, 2.75) is 39.2 Å². The second-order valence-electron chi connectivity index (χ2n) is 6.03. The smallest absolute Gasteiger partial charge is 0.231 e. The number of rotatable bonds is 3. The van der Waals surface area contributed by atoms with E-state index in [1.807, 2.05) is 44.2 Å². The molecule has 3 rings (SSSR count). The lowest BCUT2D eigenvalue weighted by Gasteiger charge is -2.17. The number of aliphatic hydroxyl groups is 1. The van der Waals surface area contributed by atoms with Crippen LogP contribution in [-0.2, 0) is 11.2 Å². The molecule has 1 aliphatic heterocycles. The van der Waals surface area contributed by atoms with Crippen molar-refractivity contribution in [3.05, 3.63) is 64.2 Å². The fourth-order valence-corrected chi connectivity index (χ4v) is 2.96. The van der Waals surface area contributed by atoms with Crippen LogP contribution in [0.25, 0.3) is 0 Å². The van der Waals surface area contributed by atoms with Crippen molar-refractivity contribution in [2.75, 3.05) is 5.32 Å². The minimum Gasteiger partial charge on any atom is -0.384 e. The van der Waals surface area contributed by atoms with Crippen LogP contribution in [0.15, 0.2) is 36.4 Å². The molecular formula is C19H21NO2. The van der Waals surface area contributed by atoms with E-state index < -0.39 is 6.10 Å². The standard InChI is InChI=1S/C19H21NO2/c1-4-13-9-15-12(3)19(22)20-17(15)16(10-13)18(21)14-7-5-11(2)6-8-14/h5-10,12,18,21H,4H2,1-3H3,(H,20,22). The summed E-state index contributed by atoms with van der Waals surface area (Å²) in [5, 5.41) is 13.7. The van der Waals surface area contributed by atoms with Crippen LogP contribution in [0.1, 0.15) is 53.7 Å². The Hall–Kier alpha value is -2.13. The SMILES string of the molecule is CCc1cc2c(c(C(O)c3ccc(C)cc3)c1)NC(=O)C2C. The van der Waals surface area contributed by atoms with Gasteiger partial charge >= 0.3 is 0 Å². The third kappa shape index (κ3) is 2.42. The van der Waals surface area contributed by atoms with Gasteiger partial charge in [-0.1, -0.05) is 48.9 Å². The van der Waals surface area contributed by atoms with Crippen molar-refractivity contribution >= 4 is 11.6 Å². The molecule has 3 nitrogen and oxygen atoms in total. The molecule has 2 atom stereocenters. The number of benzene rings is 2. The van der Waals surface area contributed by atoms with E-state index in [1.165, 1.54) is 0 Å². The highest BCUT2D eigenvalue weighted by Crippen LogP contribution is 2.40. The normalized spacial score (nSPS) is 18.0. The number of carbonyl (C=O) groups excluding carboxylic acids is 1. The molecule has 2 unspecified atom stereocenters. The molecule has 1 aliphatic rings. The first kappa shape index (κ1) is 14.8. The van der Waals surface area contributed by atoms with Crippen LogP contribution in [0.4, 0.5) is 5.69 Å². The van der Waals surface area contributed by atoms with E-state index in [0.717, 1.165) is 39.9 Å². The van der Waals surface area contributed by atoms with E-state index in [4.69, 9.17) is 0 Å². The number of nitrogens with one attached hydrogen (secondary N) is 1. The Morgan fingerprint density at radius 2 is 1.91 bits per heavy atom. The summed E-state index contributed by atoms with van der Waals surface area (Å²) < 4.78 is 0.